The van der Waals surface area contributed by atoms with E-state index >= 15 is 0 Å². The van der Waals surface area contributed by atoms with Crippen LogP contribution in [0, 0.1) is 6.92 Å². The van der Waals surface area contributed by atoms with Gasteiger partial charge in [-0.15, -0.1) is 24.0 Å². The van der Waals surface area contributed by atoms with Gasteiger partial charge in [0.15, 0.2) is 5.96 Å². The lowest BCUT2D eigenvalue weighted by atomic mass is 10.3. The molecule has 0 spiro atoms. The minimum Gasteiger partial charge on any atom is -0.493 e. The second-order valence-corrected chi connectivity index (χ2v) is 5.89. The lowest BCUT2D eigenvalue weighted by Crippen LogP contribution is -2.31. The van der Waals surface area contributed by atoms with Crippen LogP contribution >= 0.6 is 24.0 Å². The third-order valence-electron chi connectivity index (χ3n) is 3.56. The fourth-order valence-electron chi connectivity index (χ4n) is 2.35. The van der Waals surface area contributed by atoms with E-state index in [0.29, 0.717) is 19.8 Å². The van der Waals surface area contributed by atoms with Crippen molar-refractivity contribution in [3.8, 4) is 5.75 Å². The number of halogens is 1. The summed E-state index contributed by atoms with van der Waals surface area (Å²) < 4.78 is 12.7. The Hall–Kier alpha value is -1.81. The molecule has 7 nitrogen and oxygen atoms in total. The SMILES string of the molecule is CCNC(=NCCn1cc(C)cn1)Nc1cccc(OCCCOC)c1.I. The van der Waals surface area contributed by atoms with E-state index in [-0.39, 0.29) is 24.0 Å². The molecule has 2 rings (SSSR count). The molecule has 0 atom stereocenters. The molecule has 150 valence electrons. The predicted octanol–water partition coefficient (Wildman–Crippen LogP) is 3.30. The smallest absolute Gasteiger partial charge is 0.195 e. The Labute approximate surface area is 178 Å². The topological polar surface area (TPSA) is 72.7 Å². The Kier molecular flexibility index (Phi) is 11.5. The first-order valence-corrected chi connectivity index (χ1v) is 8.97. The van der Waals surface area contributed by atoms with Crippen LogP contribution in [0.1, 0.15) is 18.9 Å². The van der Waals surface area contributed by atoms with Gasteiger partial charge in [0.05, 0.1) is 25.9 Å². The van der Waals surface area contributed by atoms with Gasteiger partial charge in [-0.05, 0) is 31.5 Å². The quantitative estimate of drug-likeness (QED) is 0.233. The Balaban J connectivity index is 0.00000364. The van der Waals surface area contributed by atoms with Gasteiger partial charge in [-0.25, -0.2) is 0 Å². The van der Waals surface area contributed by atoms with Gasteiger partial charge in [-0.1, -0.05) is 6.07 Å². The van der Waals surface area contributed by atoms with E-state index in [1.165, 1.54) is 0 Å². The van der Waals surface area contributed by atoms with E-state index in [1.807, 2.05) is 55.2 Å². The molecule has 0 radical (unpaired) electrons. The van der Waals surface area contributed by atoms with Gasteiger partial charge in [0.1, 0.15) is 5.75 Å². The molecule has 0 bridgehead atoms. The number of aryl methyl sites for hydroxylation is 1. The number of hydrogen-bond donors (Lipinski definition) is 2. The van der Waals surface area contributed by atoms with Gasteiger partial charge in [-0.2, -0.15) is 5.10 Å². The van der Waals surface area contributed by atoms with Crippen LogP contribution in [0.25, 0.3) is 0 Å². The number of ether oxygens (including phenoxy) is 2. The van der Waals surface area contributed by atoms with E-state index in [9.17, 15) is 0 Å². The van der Waals surface area contributed by atoms with Crippen molar-refractivity contribution in [2.45, 2.75) is 26.8 Å². The number of methoxy groups -OCH3 is 1. The van der Waals surface area contributed by atoms with Gasteiger partial charge in [0.2, 0.25) is 0 Å². The maximum absolute atomic E-state index is 5.74. The van der Waals surface area contributed by atoms with E-state index in [0.717, 1.165) is 42.5 Å². The molecule has 0 aliphatic carbocycles. The summed E-state index contributed by atoms with van der Waals surface area (Å²) in [6.45, 7) is 7.59. The summed E-state index contributed by atoms with van der Waals surface area (Å²) in [6, 6.07) is 7.87. The minimum absolute atomic E-state index is 0. The molecule has 1 aromatic heterocycles. The fraction of sp³-hybridized carbons (Fsp3) is 0.474. The Bertz CT molecular complexity index is 690. The highest BCUT2D eigenvalue weighted by Gasteiger charge is 2.02. The average Bonchev–Trinajstić information content (AvgIpc) is 3.04. The normalized spacial score (nSPS) is 11.0. The highest BCUT2D eigenvalue weighted by Crippen LogP contribution is 2.17. The third kappa shape index (κ3) is 9.09. The van der Waals surface area contributed by atoms with E-state index < -0.39 is 0 Å². The number of guanidine groups is 1. The summed E-state index contributed by atoms with van der Waals surface area (Å²) in [5.41, 5.74) is 2.09. The molecule has 1 aromatic carbocycles. The summed E-state index contributed by atoms with van der Waals surface area (Å²) in [6.07, 6.45) is 4.73. The van der Waals surface area contributed by atoms with Crippen LogP contribution in [0.2, 0.25) is 0 Å². The van der Waals surface area contributed by atoms with Gasteiger partial charge < -0.3 is 20.1 Å². The zero-order valence-corrected chi connectivity index (χ0v) is 18.6. The molecule has 8 heteroatoms. The number of hydrogen-bond acceptors (Lipinski definition) is 4. The first kappa shape index (κ1) is 23.2. The van der Waals surface area contributed by atoms with Crippen LogP contribution in [0.15, 0.2) is 41.7 Å². The number of aromatic nitrogens is 2. The predicted molar refractivity (Wildman–Crippen MR) is 120 cm³/mol. The monoisotopic (exact) mass is 487 g/mol. The molecule has 2 aromatic rings. The Morgan fingerprint density at radius 2 is 2.15 bits per heavy atom. The second-order valence-electron chi connectivity index (χ2n) is 5.89. The molecule has 27 heavy (non-hydrogen) atoms. The molecular formula is C19H30IN5O2. The maximum atomic E-state index is 5.74. The van der Waals surface area contributed by atoms with Crippen molar-refractivity contribution < 1.29 is 9.47 Å². The molecule has 0 saturated carbocycles. The first-order chi connectivity index (χ1) is 12.7. The number of aliphatic imine (C=N–C) groups is 1. The van der Waals surface area contributed by atoms with E-state index in [4.69, 9.17) is 9.47 Å². The standard InChI is InChI=1S/C19H29N5O2.HI/c1-4-20-19(21-9-10-24-15-16(2)14-22-24)23-17-7-5-8-18(13-17)26-12-6-11-25-3;/h5,7-8,13-15H,4,6,9-12H2,1-3H3,(H2,20,21,23);1H. The average molecular weight is 487 g/mol. The van der Waals surface area contributed by atoms with Crippen molar-refractivity contribution in [3.63, 3.8) is 0 Å². The highest BCUT2D eigenvalue weighted by molar-refractivity contribution is 14.0. The van der Waals surface area contributed by atoms with Gasteiger partial charge in [-0.3, -0.25) is 9.67 Å². The Morgan fingerprint density at radius 1 is 1.30 bits per heavy atom. The Morgan fingerprint density at radius 3 is 2.85 bits per heavy atom. The molecule has 1 heterocycles. The number of rotatable bonds is 10. The molecular weight excluding hydrogens is 457 g/mol. The number of benzene rings is 1. The first-order valence-electron chi connectivity index (χ1n) is 8.97. The van der Waals surface area contributed by atoms with E-state index in [1.54, 1.807) is 7.11 Å². The zero-order valence-electron chi connectivity index (χ0n) is 16.3. The van der Waals surface area contributed by atoms with Crippen LogP contribution in [-0.4, -0.2) is 49.2 Å². The van der Waals surface area contributed by atoms with Gasteiger partial charge in [0, 0.05) is 44.6 Å². The molecule has 0 aliphatic heterocycles. The van der Waals surface area contributed by atoms with Crippen molar-refractivity contribution in [3.05, 3.63) is 42.2 Å². The van der Waals surface area contributed by atoms with Crippen molar-refractivity contribution in [2.75, 3.05) is 38.7 Å². The van der Waals surface area contributed by atoms with Crippen molar-refractivity contribution in [2.24, 2.45) is 4.99 Å². The van der Waals surface area contributed by atoms with Crippen LogP contribution in [-0.2, 0) is 11.3 Å². The van der Waals surface area contributed by atoms with Crippen LogP contribution in [0.3, 0.4) is 0 Å². The van der Waals surface area contributed by atoms with Gasteiger partial charge >= 0.3 is 0 Å². The van der Waals surface area contributed by atoms with Crippen molar-refractivity contribution in [1.82, 2.24) is 15.1 Å². The second kappa shape index (κ2) is 13.4. The molecule has 0 aliphatic rings. The van der Waals surface area contributed by atoms with Crippen LogP contribution < -0.4 is 15.4 Å². The van der Waals surface area contributed by atoms with Crippen molar-refractivity contribution >= 4 is 35.6 Å². The molecule has 2 N–H and O–H groups in total. The van der Waals surface area contributed by atoms with Gasteiger partial charge in [0.25, 0.3) is 0 Å². The fourth-order valence-corrected chi connectivity index (χ4v) is 2.35. The number of nitrogens with one attached hydrogen (secondary N) is 2. The lowest BCUT2D eigenvalue weighted by Gasteiger charge is -2.13. The number of nitrogens with zero attached hydrogens (tertiary/aromatic N) is 3. The van der Waals surface area contributed by atoms with Crippen LogP contribution in [0.5, 0.6) is 5.75 Å². The summed E-state index contributed by atoms with van der Waals surface area (Å²) in [5, 5.41) is 10.8. The van der Waals surface area contributed by atoms with Crippen molar-refractivity contribution in [1.29, 1.82) is 0 Å². The molecule has 0 unspecified atom stereocenters. The summed E-state index contributed by atoms with van der Waals surface area (Å²) in [4.78, 5) is 4.61. The lowest BCUT2D eigenvalue weighted by molar-refractivity contribution is 0.172. The molecule has 0 amide bonds. The maximum Gasteiger partial charge on any atom is 0.195 e. The zero-order chi connectivity index (χ0) is 18.6. The highest BCUT2D eigenvalue weighted by atomic mass is 127. The summed E-state index contributed by atoms with van der Waals surface area (Å²) >= 11 is 0. The molecule has 0 fully saturated rings. The van der Waals surface area contributed by atoms with E-state index in [2.05, 4.69) is 20.7 Å². The largest absolute Gasteiger partial charge is 0.493 e. The third-order valence-corrected chi connectivity index (χ3v) is 3.56. The molecule has 0 saturated heterocycles. The minimum atomic E-state index is 0. The summed E-state index contributed by atoms with van der Waals surface area (Å²) in [7, 11) is 1.69. The summed E-state index contributed by atoms with van der Waals surface area (Å²) in [5.74, 6) is 1.57. The number of anilines is 1. The van der Waals surface area contributed by atoms with Crippen LogP contribution in [0.4, 0.5) is 5.69 Å².